The van der Waals surface area contributed by atoms with Gasteiger partial charge >= 0.3 is 6.18 Å². The topological polar surface area (TPSA) is 108 Å². The molecule has 0 amide bonds. The van der Waals surface area contributed by atoms with Crippen LogP contribution in [0.5, 0.6) is 5.75 Å². The average molecular weight is 483 g/mol. The number of ether oxygens (including phenoxy) is 1. The molecule has 3 aromatic heterocycles. The second-order valence-electron chi connectivity index (χ2n) is 8.08. The Bertz CT molecular complexity index is 1510. The van der Waals surface area contributed by atoms with E-state index in [1.165, 1.54) is 23.0 Å². The molecule has 1 atom stereocenters. The fourth-order valence-corrected chi connectivity index (χ4v) is 4.19. The fraction of sp³-hybridized carbons (Fsp3) is 0.217. The molecule has 4 aromatic rings. The van der Waals surface area contributed by atoms with Crippen molar-refractivity contribution >= 4 is 5.82 Å². The number of nitrogens with zero attached hydrogens (tertiary/aromatic N) is 6. The van der Waals surface area contributed by atoms with Gasteiger partial charge in [-0.25, -0.2) is 14.1 Å². The van der Waals surface area contributed by atoms with Crippen molar-refractivity contribution in [1.82, 2.24) is 24.5 Å². The maximum atomic E-state index is 14.2. The maximum Gasteiger partial charge on any atom is 0.435 e. The Morgan fingerprint density at radius 3 is 2.69 bits per heavy atom. The highest BCUT2D eigenvalue weighted by Gasteiger charge is 2.36. The highest BCUT2D eigenvalue weighted by Crippen LogP contribution is 2.38. The normalized spacial score (nSPS) is 15.1. The second kappa shape index (κ2) is 7.83. The minimum atomic E-state index is -4.71. The molecule has 4 heterocycles. The number of halogens is 4. The fourth-order valence-electron chi connectivity index (χ4n) is 4.19. The molecule has 0 saturated heterocycles. The molecule has 12 heteroatoms. The predicted molar refractivity (Wildman–Crippen MR) is 116 cm³/mol. The predicted octanol–water partition coefficient (Wildman–Crippen LogP) is 4.32. The van der Waals surface area contributed by atoms with Gasteiger partial charge < -0.3 is 10.5 Å². The smallest absolute Gasteiger partial charge is 0.435 e. The number of anilines is 1. The van der Waals surface area contributed by atoms with Gasteiger partial charge in [0.2, 0.25) is 0 Å². The minimum absolute atomic E-state index is 0.0543. The van der Waals surface area contributed by atoms with E-state index in [1.54, 1.807) is 20.0 Å². The van der Waals surface area contributed by atoms with E-state index in [9.17, 15) is 22.8 Å². The minimum Gasteiger partial charge on any atom is -0.482 e. The first-order chi connectivity index (χ1) is 16.6. The molecular weight excluding hydrogens is 466 g/mol. The van der Waals surface area contributed by atoms with Crippen LogP contribution in [-0.2, 0) is 19.6 Å². The molecule has 0 aliphatic carbocycles. The number of pyridine rings is 1. The third-order valence-electron chi connectivity index (χ3n) is 5.82. The number of fused-ring (bicyclic) bond motifs is 7. The number of aromatic nitrogens is 5. The zero-order chi connectivity index (χ0) is 25.1. The summed E-state index contributed by atoms with van der Waals surface area (Å²) < 4.78 is 63.8. The average Bonchev–Trinajstić information content (AvgIpc) is 3.36. The van der Waals surface area contributed by atoms with Gasteiger partial charge in [-0.2, -0.15) is 28.6 Å². The summed E-state index contributed by atoms with van der Waals surface area (Å²) in [6.45, 7) is 1.61. The number of nitrogens with two attached hydrogens (primary N) is 1. The first kappa shape index (κ1) is 22.4. The van der Waals surface area contributed by atoms with Gasteiger partial charge in [0.15, 0.2) is 23.0 Å². The summed E-state index contributed by atoms with van der Waals surface area (Å²) in [4.78, 5) is 4.17. The number of alkyl halides is 3. The van der Waals surface area contributed by atoms with Gasteiger partial charge in [0, 0.05) is 36.4 Å². The monoisotopic (exact) mass is 483 g/mol. The van der Waals surface area contributed by atoms with Crippen molar-refractivity contribution in [3.63, 3.8) is 0 Å². The maximum absolute atomic E-state index is 14.2. The molecule has 35 heavy (non-hydrogen) atoms. The molecule has 0 spiro atoms. The van der Waals surface area contributed by atoms with E-state index in [0.29, 0.717) is 16.8 Å². The third kappa shape index (κ3) is 3.74. The summed E-state index contributed by atoms with van der Waals surface area (Å²) >= 11 is 0. The van der Waals surface area contributed by atoms with Crippen LogP contribution in [0.4, 0.5) is 23.4 Å². The van der Waals surface area contributed by atoms with E-state index in [1.807, 2.05) is 6.07 Å². The van der Waals surface area contributed by atoms with E-state index in [4.69, 9.17) is 10.5 Å². The molecule has 1 aromatic carbocycles. The Hall–Kier alpha value is -4.40. The summed E-state index contributed by atoms with van der Waals surface area (Å²) in [6, 6.07) is 8.19. The van der Waals surface area contributed by atoms with Crippen molar-refractivity contribution in [3.8, 4) is 28.6 Å². The molecule has 0 radical (unpaired) electrons. The van der Waals surface area contributed by atoms with Crippen LogP contribution in [0.25, 0.3) is 16.8 Å². The lowest BCUT2D eigenvalue weighted by Crippen LogP contribution is -2.14. The van der Waals surface area contributed by atoms with Crippen LogP contribution in [-0.4, -0.2) is 24.5 Å². The van der Waals surface area contributed by atoms with Crippen molar-refractivity contribution in [3.05, 3.63) is 70.7 Å². The van der Waals surface area contributed by atoms with Gasteiger partial charge in [-0.15, -0.1) is 0 Å². The van der Waals surface area contributed by atoms with Gasteiger partial charge in [0.1, 0.15) is 18.0 Å². The van der Waals surface area contributed by atoms with Crippen LogP contribution < -0.4 is 10.5 Å². The standard InChI is InChI=1S/C23H17F4N7O/c1-11-15-6-13(24)3-4-17(15)34-14(8-20(32-34)23(25,26)27)7-18-21(16(9-28)31-33(18)2)12-5-19(35-11)22(29)30-10-12/h3-6,8,10-11H,7H2,1-2H3,(H2,29,30). The molecule has 0 fully saturated rings. The van der Waals surface area contributed by atoms with Crippen LogP contribution in [0, 0.1) is 17.1 Å². The van der Waals surface area contributed by atoms with Crippen LogP contribution in [0.15, 0.2) is 36.5 Å². The molecule has 178 valence electrons. The van der Waals surface area contributed by atoms with Crippen LogP contribution in [0.3, 0.4) is 0 Å². The number of nitrogen functional groups attached to an aromatic ring is 1. The Kier molecular flexibility index (Phi) is 5.01. The van der Waals surface area contributed by atoms with E-state index >= 15 is 0 Å². The summed E-state index contributed by atoms with van der Waals surface area (Å²) in [5, 5.41) is 17.7. The van der Waals surface area contributed by atoms with E-state index in [2.05, 4.69) is 15.2 Å². The van der Waals surface area contributed by atoms with Crippen LogP contribution >= 0.6 is 0 Å². The number of hydrogen-bond donors (Lipinski definition) is 1. The summed E-state index contributed by atoms with van der Waals surface area (Å²) in [5.74, 6) is -0.372. The highest BCUT2D eigenvalue weighted by atomic mass is 19.4. The molecule has 0 saturated carbocycles. The third-order valence-corrected chi connectivity index (χ3v) is 5.82. The number of hydrogen-bond acceptors (Lipinski definition) is 6. The summed E-state index contributed by atoms with van der Waals surface area (Å²) in [6.07, 6.45) is -4.18. The van der Waals surface area contributed by atoms with Crippen LogP contribution in [0.2, 0.25) is 0 Å². The van der Waals surface area contributed by atoms with Gasteiger partial charge in [-0.1, -0.05) is 0 Å². The number of nitriles is 1. The first-order valence-corrected chi connectivity index (χ1v) is 10.4. The van der Waals surface area contributed by atoms with Crippen molar-refractivity contribution in [1.29, 1.82) is 5.26 Å². The Labute approximate surface area is 196 Å². The summed E-state index contributed by atoms with van der Waals surface area (Å²) in [5.41, 5.74) is 6.88. The lowest BCUT2D eigenvalue weighted by Gasteiger charge is -2.21. The largest absolute Gasteiger partial charge is 0.482 e. The Morgan fingerprint density at radius 1 is 1.20 bits per heavy atom. The molecule has 8 nitrogen and oxygen atoms in total. The molecule has 5 rings (SSSR count). The molecule has 2 N–H and O–H groups in total. The molecule has 1 aliphatic rings. The number of aryl methyl sites for hydroxylation is 1. The zero-order valence-electron chi connectivity index (χ0n) is 18.4. The zero-order valence-corrected chi connectivity index (χ0v) is 18.4. The highest BCUT2D eigenvalue weighted by molar-refractivity contribution is 5.74. The quantitative estimate of drug-likeness (QED) is 0.373. The van der Waals surface area contributed by atoms with Crippen LogP contribution in [0.1, 0.15) is 41.4 Å². The van der Waals surface area contributed by atoms with Gasteiger partial charge in [0.05, 0.1) is 17.1 Å². The SMILES string of the molecule is CC1Oc2cc(cnc2N)-c2c(C#N)nn(C)c2Cc2cc(C(F)(F)F)nn2-c2ccc(F)cc21. The van der Waals surface area contributed by atoms with E-state index in [0.717, 1.165) is 16.8 Å². The Balaban J connectivity index is 1.86. The van der Waals surface area contributed by atoms with E-state index in [-0.39, 0.29) is 40.6 Å². The molecule has 2 bridgehead atoms. The molecular formula is C23H17F4N7O. The van der Waals surface area contributed by atoms with Crippen molar-refractivity contribution in [2.75, 3.05) is 5.73 Å². The molecule has 1 unspecified atom stereocenters. The van der Waals surface area contributed by atoms with Gasteiger partial charge in [-0.3, -0.25) is 4.68 Å². The Morgan fingerprint density at radius 2 is 1.97 bits per heavy atom. The lowest BCUT2D eigenvalue weighted by molar-refractivity contribution is -0.141. The van der Waals surface area contributed by atoms with Gasteiger partial charge in [-0.05, 0) is 37.3 Å². The number of benzene rings is 1. The van der Waals surface area contributed by atoms with Crippen molar-refractivity contribution in [2.24, 2.45) is 7.05 Å². The molecule has 1 aliphatic heterocycles. The first-order valence-electron chi connectivity index (χ1n) is 10.4. The van der Waals surface area contributed by atoms with Crippen molar-refractivity contribution in [2.45, 2.75) is 25.6 Å². The van der Waals surface area contributed by atoms with Crippen molar-refractivity contribution < 1.29 is 22.3 Å². The summed E-state index contributed by atoms with van der Waals surface area (Å²) in [7, 11) is 1.59. The number of rotatable bonds is 0. The van der Waals surface area contributed by atoms with Gasteiger partial charge in [0.25, 0.3) is 0 Å². The van der Waals surface area contributed by atoms with E-state index < -0.39 is 23.8 Å². The lowest BCUT2D eigenvalue weighted by atomic mass is 10.0. The second-order valence-corrected chi connectivity index (χ2v) is 8.08.